The number of hydrogen-bond acceptors (Lipinski definition) is 10. The number of amides is 4. The molecule has 43 heavy (non-hydrogen) atoms. The highest BCUT2D eigenvalue weighted by Crippen LogP contribution is 2.13. The van der Waals surface area contributed by atoms with Gasteiger partial charge in [-0.05, 0) is 20.3 Å². The van der Waals surface area contributed by atoms with Crippen LogP contribution < -0.4 is 27.0 Å². The number of aliphatic hydroxyl groups excluding tert-OH is 1. The van der Waals surface area contributed by atoms with Gasteiger partial charge in [-0.15, -0.1) is 0 Å². The summed E-state index contributed by atoms with van der Waals surface area (Å²) in [5, 5.41) is 43.3. The minimum Gasteiger partial charge on any atom is -0.481 e. The maximum atomic E-state index is 12.5. The fourth-order valence-electron chi connectivity index (χ4n) is 2.85. The van der Waals surface area contributed by atoms with Crippen molar-refractivity contribution in [3.63, 3.8) is 0 Å². The summed E-state index contributed by atoms with van der Waals surface area (Å²) in [7, 11) is 0. The van der Waals surface area contributed by atoms with E-state index in [0.717, 1.165) is 6.92 Å². The quantitative estimate of drug-likeness (QED) is 0.0919. The number of hydrogen-bond donors (Lipinski definition) is 10. The van der Waals surface area contributed by atoms with Gasteiger partial charge in [-0.25, -0.2) is 14.6 Å². The molecule has 0 spiro atoms. The third-order valence-electron chi connectivity index (χ3n) is 5.09. The zero-order chi connectivity index (χ0) is 33.5. The zero-order valence-electron chi connectivity index (χ0n) is 22.7. The molecule has 0 aliphatic carbocycles. The molecular weight excluding hydrogens is 595 g/mol. The number of aromatic nitrogens is 2. The average Bonchev–Trinajstić information content (AvgIpc) is 3.40. The van der Waals surface area contributed by atoms with E-state index in [1.807, 2.05) is 5.32 Å². The highest BCUT2D eigenvalue weighted by molar-refractivity contribution is 5.94. The van der Waals surface area contributed by atoms with E-state index >= 15 is 0 Å². The van der Waals surface area contributed by atoms with Crippen LogP contribution in [0, 0.1) is 0 Å². The van der Waals surface area contributed by atoms with E-state index in [1.165, 1.54) is 19.4 Å². The lowest BCUT2D eigenvalue weighted by Gasteiger charge is -2.22. The van der Waals surface area contributed by atoms with Crippen LogP contribution in [0.5, 0.6) is 0 Å². The van der Waals surface area contributed by atoms with Crippen LogP contribution in [0.2, 0.25) is 0 Å². The minimum absolute atomic E-state index is 0.129. The predicted octanol–water partition coefficient (Wildman–Crippen LogP) is -3.17. The van der Waals surface area contributed by atoms with E-state index in [0.29, 0.717) is 5.69 Å². The van der Waals surface area contributed by atoms with Crippen molar-refractivity contribution in [1.82, 2.24) is 31.2 Å². The number of imidazole rings is 1. The van der Waals surface area contributed by atoms with Crippen LogP contribution in [0.25, 0.3) is 0 Å². The van der Waals surface area contributed by atoms with Crippen molar-refractivity contribution < 1.29 is 67.2 Å². The molecule has 4 amide bonds. The van der Waals surface area contributed by atoms with Gasteiger partial charge < -0.3 is 52.4 Å². The van der Waals surface area contributed by atoms with Gasteiger partial charge in [0, 0.05) is 24.7 Å². The van der Waals surface area contributed by atoms with Gasteiger partial charge in [-0.3, -0.25) is 24.0 Å². The second-order valence-electron chi connectivity index (χ2n) is 8.76. The van der Waals surface area contributed by atoms with Crippen LogP contribution >= 0.6 is 0 Å². The van der Waals surface area contributed by atoms with Crippen LogP contribution in [0.15, 0.2) is 12.5 Å². The Labute approximate surface area is 240 Å². The number of carboxylic acid groups (broad SMARTS) is 3. The summed E-state index contributed by atoms with van der Waals surface area (Å²) in [5.41, 5.74) is 6.42. The van der Waals surface area contributed by atoms with Crippen LogP contribution in [0.4, 0.5) is 13.2 Å². The van der Waals surface area contributed by atoms with E-state index < -0.39 is 90.9 Å². The Balaban J connectivity index is 0.00000223. The van der Waals surface area contributed by atoms with E-state index in [4.69, 9.17) is 25.8 Å². The van der Waals surface area contributed by atoms with Crippen LogP contribution in [0.1, 0.15) is 32.4 Å². The van der Waals surface area contributed by atoms with Crippen molar-refractivity contribution in [3.05, 3.63) is 18.2 Å². The number of carboxylic acids is 3. The standard InChI is InChI=1S/C20H31N7O9.C2HF3O2/c1-9(25-18(33)12(21)5-11-6-22-8-24-11)17(32)26-13(3-4-15(30)31)19(34)23-7-14(29)27-16(10(2)28)20(35)36;3-2(4,5)1(6)7/h6,8-10,12-13,16,28H,3-5,7,21H2,1-2H3,(H,22,24)(H,23,34)(H,25,33)(H,26,32)(H,27,29)(H,30,31)(H,35,36);(H,6,7). The summed E-state index contributed by atoms with van der Waals surface area (Å²) in [6.45, 7) is 1.78. The molecule has 0 fully saturated rings. The average molecular weight is 628 g/mol. The third-order valence-corrected chi connectivity index (χ3v) is 5.09. The molecule has 0 bridgehead atoms. The first-order chi connectivity index (χ1) is 19.8. The van der Waals surface area contributed by atoms with Crippen LogP contribution in [-0.2, 0) is 40.0 Å². The normalized spacial score (nSPS) is 14.3. The van der Waals surface area contributed by atoms with Crippen molar-refractivity contribution in [1.29, 1.82) is 0 Å². The van der Waals surface area contributed by atoms with Crippen molar-refractivity contribution in [3.8, 4) is 0 Å². The second kappa shape index (κ2) is 17.9. The van der Waals surface area contributed by atoms with Gasteiger partial charge in [-0.1, -0.05) is 0 Å². The fourth-order valence-corrected chi connectivity index (χ4v) is 2.85. The fraction of sp³-hybridized carbons (Fsp3) is 0.545. The topological polar surface area (TPSA) is 303 Å². The molecule has 0 aromatic carbocycles. The van der Waals surface area contributed by atoms with E-state index in [-0.39, 0.29) is 12.8 Å². The van der Waals surface area contributed by atoms with Crippen molar-refractivity contribution in [2.75, 3.05) is 6.54 Å². The molecule has 0 aliphatic rings. The van der Waals surface area contributed by atoms with Crippen molar-refractivity contribution in [2.24, 2.45) is 5.73 Å². The smallest absolute Gasteiger partial charge is 0.481 e. The van der Waals surface area contributed by atoms with Gasteiger partial charge in [0.2, 0.25) is 23.6 Å². The maximum absolute atomic E-state index is 12.5. The molecule has 18 nitrogen and oxygen atoms in total. The number of carbonyl (C=O) groups is 7. The summed E-state index contributed by atoms with van der Waals surface area (Å²) < 4.78 is 31.7. The highest BCUT2D eigenvalue weighted by Gasteiger charge is 2.38. The number of aromatic amines is 1. The summed E-state index contributed by atoms with van der Waals surface area (Å²) in [5.74, 6) is -8.81. The van der Waals surface area contributed by atoms with Gasteiger partial charge in [0.25, 0.3) is 0 Å². The van der Waals surface area contributed by atoms with E-state index in [2.05, 4.69) is 25.9 Å². The second-order valence-corrected chi connectivity index (χ2v) is 8.76. The van der Waals surface area contributed by atoms with Crippen LogP contribution in [-0.4, -0.2) is 115 Å². The van der Waals surface area contributed by atoms with Gasteiger partial charge in [-0.2, -0.15) is 13.2 Å². The lowest BCUT2D eigenvalue weighted by molar-refractivity contribution is -0.192. The molecule has 0 saturated carbocycles. The number of alkyl halides is 3. The summed E-state index contributed by atoms with van der Waals surface area (Å²) in [4.78, 5) is 86.7. The first-order valence-electron chi connectivity index (χ1n) is 12.1. The number of halogens is 3. The van der Waals surface area contributed by atoms with Gasteiger partial charge in [0.05, 0.1) is 25.0 Å². The zero-order valence-corrected chi connectivity index (χ0v) is 22.7. The SMILES string of the molecule is CC(NC(=O)C(N)Cc1cnc[nH]1)C(=O)NC(CCC(=O)O)C(=O)NCC(=O)NC(C(=O)O)C(C)O.O=C(O)C(F)(F)F. The van der Waals surface area contributed by atoms with Gasteiger partial charge >= 0.3 is 24.1 Å². The Kier molecular flexibility index (Phi) is 15.9. The number of aliphatic hydroxyl groups is 1. The number of nitrogens with two attached hydrogens (primary N) is 1. The van der Waals surface area contributed by atoms with Gasteiger partial charge in [0.15, 0.2) is 6.04 Å². The molecule has 0 saturated heterocycles. The maximum Gasteiger partial charge on any atom is 0.490 e. The lowest BCUT2D eigenvalue weighted by atomic mass is 10.1. The Bertz CT molecular complexity index is 1130. The molecule has 1 heterocycles. The van der Waals surface area contributed by atoms with E-state index in [1.54, 1.807) is 0 Å². The molecule has 242 valence electrons. The highest BCUT2D eigenvalue weighted by atomic mass is 19.4. The monoisotopic (exact) mass is 627 g/mol. The first-order valence-corrected chi connectivity index (χ1v) is 12.1. The lowest BCUT2D eigenvalue weighted by Crippen LogP contribution is -2.56. The molecular formula is C22H32F3N7O11. The molecule has 5 atom stereocenters. The predicted molar refractivity (Wildman–Crippen MR) is 135 cm³/mol. The minimum atomic E-state index is -5.08. The summed E-state index contributed by atoms with van der Waals surface area (Å²) in [6, 6.07) is -5.13. The first kappa shape index (κ1) is 38.2. The Hall–Kier alpha value is -4.79. The largest absolute Gasteiger partial charge is 0.490 e. The molecule has 11 N–H and O–H groups in total. The molecule has 21 heteroatoms. The van der Waals surface area contributed by atoms with Crippen LogP contribution in [0.3, 0.4) is 0 Å². The molecule has 1 aromatic rings. The molecule has 1 rings (SSSR count). The van der Waals surface area contributed by atoms with Gasteiger partial charge in [0.1, 0.15) is 12.1 Å². The Morgan fingerprint density at radius 2 is 1.56 bits per heavy atom. The summed E-state index contributed by atoms with van der Waals surface area (Å²) in [6.07, 6.45) is -4.29. The van der Waals surface area contributed by atoms with Crippen molar-refractivity contribution in [2.45, 2.75) is 69.6 Å². The number of nitrogens with zero attached hydrogens (tertiary/aromatic N) is 1. The molecule has 0 radical (unpaired) electrons. The summed E-state index contributed by atoms with van der Waals surface area (Å²) >= 11 is 0. The van der Waals surface area contributed by atoms with Crippen molar-refractivity contribution >= 4 is 41.5 Å². The molecule has 1 aromatic heterocycles. The van der Waals surface area contributed by atoms with E-state index in [9.17, 15) is 47.0 Å². The molecule has 0 aliphatic heterocycles. The number of aliphatic carboxylic acids is 3. The number of nitrogens with one attached hydrogen (secondary N) is 5. The Morgan fingerprint density at radius 3 is 2.00 bits per heavy atom. The third kappa shape index (κ3) is 15.7. The number of carbonyl (C=O) groups excluding carboxylic acids is 4. The number of H-pyrrole nitrogens is 1. The Morgan fingerprint density at radius 1 is 0.977 bits per heavy atom. The number of rotatable bonds is 15. The molecule has 5 unspecified atom stereocenters.